The molecule has 0 unspecified atom stereocenters. The molecule has 1 fully saturated rings. The molecule has 2 rings (SSSR count). The number of carboxylic acids is 1. The quantitative estimate of drug-likeness (QED) is 0.885. The molecule has 0 bridgehead atoms. The van der Waals surface area contributed by atoms with Crippen molar-refractivity contribution >= 4 is 5.97 Å². The first-order valence-electron chi connectivity index (χ1n) is 7.08. The van der Waals surface area contributed by atoms with Crippen molar-refractivity contribution in [1.29, 1.82) is 0 Å². The minimum absolute atomic E-state index is 0.150. The first kappa shape index (κ1) is 14.1. The van der Waals surface area contributed by atoms with Crippen LogP contribution in [0.15, 0.2) is 18.2 Å². The van der Waals surface area contributed by atoms with Gasteiger partial charge >= 0.3 is 5.97 Å². The van der Waals surface area contributed by atoms with Crippen LogP contribution in [0.1, 0.15) is 42.4 Å². The summed E-state index contributed by atoms with van der Waals surface area (Å²) in [4.78, 5) is 13.2. The van der Waals surface area contributed by atoms with Crippen molar-refractivity contribution in [1.82, 2.24) is 4.90 Å². The van der Waals surface area contributed by atoms with E-state index < -0.39 is 5.97 Å². The number of rotatable bonds is 5. The van der Waals surface area contributed by atoms with Gasteiger partial charge in [0.05, 0.1) is 6.54 Å². The molecule has 0 heterocycles. The van der Waals surface area contributed by atoms with E-state index in [0.29, 0.717) is 6.04 Å². The van der Waals surface area contributed by atoms with E-state index in [1.165, 1.54) is 29.5 Å². The SMILES string of the molecule is Cc1ccc(CN(CC(=O)O)C2CCCC2)cc1C. The molecule has 0 radical (unpaired) electrons. The van der Waals surface area contributed by atoms with Crippen molar-refractivity contribution in [3.8, 4) is 0 Å². The number of aliphatic carboxylic acids is 1. The van der Waals surface area contributed by atoms with Crippen LogP contribution in [0.3, 0.4) is 0 Å². The molecule has 0 amide bonds. The molecule has 104 valence electrons. The van der Waals surface area contributed by atoms with Crippen LogP contribution >= 0.6 is 0 Å². The normalized spacial score (nSPS) is 16.2. The highest BCUT2D eigenvalue weighted by atomic mass is 16.4. The van der Waals surface area contributed by atoms with Crippen molar-refractivity contribution in [3.63, 3.8) is 0 Å². The molecule has 0 spiro atoms. The second-order valence-corrected chi connectivity index (χ2v) is 5.66. The van der Waals surface area contributed by atoms with E-state index in [1.54, 1.807) is 0 Å². The Morgan fingerprint density at radius 1 is 1.26 bits per heavy atom. The second-order valence-electron chi connectivity index (χ2n) is 5.66. The topological polar surface area (TPSA) is 40.5 Å². The lowest BCUT2D eigenvalue weighted by molar-refractivity contribution is -0.139. The number of carboxylic acid groups (broad SMARTS) is 1. The third-order valence-electron chi connectivity index (χ3n) is 4.14. The van der Waals surface area contributed by atoms with Gasteiger partial charge in [0.2, 0.25) is 0 Å². The predicted octanol–water partition coefficient (Wildman–Crippen LogP) is 3.13. The highest BCUT2D eigenvalue weighted by Gasteiger charge is 2.24. The minimum Gasteiger partial charge on any atom is -0.480 e. The fourth-order valence-corrected chi connectivity index (χ4v) is 2.89. The zero-order valence-electron chi connectivity index (χ0n) is 11.9. The Bertz CT molecular complexity index is 450. The highest BCUT2D eigenvalue weighted by molar-refractivity contribution is 5.69. The van der Waals surface area contributed by atoms with E-state index in [2.05, 4.69) is 36.9 Å². The molecule has 0 saturated heterocycles. The van der Waals surface area contributed by atoms with Gasteiger partial charge in [0.1, 0.15) is 0 Å². The zero-order chi connectivity index (χ0) is 13.8. The molecule has 1 aliphatic rings. The maximum atomic E-state index is 11.0. The Balaban J connectivity index is 2.09. The van der Waals surface area contributed by atoms with Crippen LogP contribution in [0.2, 0.25) is 0 Å². The van der Waals surface area contributed by atoms with Crippen LogP contribution < -0.4 is 0 Å². The molecule has 0 aliphatic heterocycles. The van der Waals surface area contributed by atoms with Crippen LogP contribution in [0, 0.1) is 13.8 Å². The van der Waals surface area contributed by atoms with Gasteiger partial charge in [0.25, 0.3) is 0 Å². The van der Waals surface area contributed by atoms with Gasteiger partial charge < -0.3 is 5.11 Å². The largest absolute Gasteiger partial charge is 0.480 e. The standard InChI is InChI=1S/C16H23NO2/c1-12-7-8-14(9-13(12)2)10-17(11-16(18)19)15-5-3-4-6-15/h7-9,15H,3-6,10-11H2,1-2H3,(H,18,19). The molecule has 1 aliphatic carbocycles. The summed E-state index contributed by atoms with van der Waals surface area (Å²) in [5, 5.41) is 9.08. The predicted molar refractivity (Wildman–Crippen MR) is 76.2 cm³/mol. The van der Waals surface area contributed by atoms with Crippen LogP contribution in [-0.2, 0) is 11.3 Å². The summed E-state index contributed by atoms with van der Waals surface area (Å²) < 4.78 is 0. The number of carbonyl (C=O) groups is 1. The number of hydrogen-bond acceptors (Lipinski definition) is 2. The van der Waals surface area contributed by atoms with Crippen LogP contribution in [-0.4, -0.2) is 28.6 Å². The third-order valence-corrected chi connectivity index (χ3v) is 4.14. The molecular weight excluding hydrogens is 238 g/mol. The molecule has 1 saturated carbocycles. The maximum absolute atomic E-state index is 11.0. The van der Waals surface area contributed by atoms with Gasteiger partial charge in [-0.3, -0.25) is 9.69 Å². The fraction of sp³-hybridized carbons (Fsp3) is 0.562. The number of benzene rings is 1. The van der Waals surface area contributed by atoms with Gasteiger partial charge in [-0.2, -0.15) is 0 Å². The average molecular weight is 261 g/mol. The number of nitrogens with zero attached hydrogens (tertiary/aromatic N) is 1. The maximum Gasteiger partial charge on any atom is 0.317 e. The molecule has 19 heavy (non-hydrogen) atoms. The summed E-state index contributed by atoms with van der Waals surface area (Å²) >= 11 is 0. The Morgan fingerprint density at radius 2 is 1.95 bits per heavy atom. The van der Waals surface area contributed by atoms with Crippen molar-refractivity contribution in [2.75, 3.05) is 6.54 Å². The summed E-state index contributed by atoms with van der Waals surface area (Å²) in [6, 6.07) is 6.86. The number of aryl methyl sites for hydroxylation is 2. The molecule has 1 aromatic rings. The van der Waals surface area contributed by atoms with Crippen molar-refractivity contribution in [2.24, 2.45) is 0 Å². The Hall–Kier alpha value is -1.35. The molecule has 3 heteroatoms. The van der Waals surface area contributed by atoms with E-state index in [0.717, 1.165) is 19.4 Å². The molecule has 1 N–H and O–H groups in total. The van der Waals surface area contributed by atoms with E-state index in [-0.39, 0.29) is 6.54 Å². The number of hydrogen-bond donors (Lipinski definition) is 1. The molecule has 1 aromatic carbocycles. The average Bonchev–Trinajstić information content (AvgIpc) is 2.86. The minimum atomic E-state index is -0.726. The van der Waals surface area contributed by atoms with E-state index in [1.807, 2.05) is 0 Å². The summed E-state index contributed by atoms with van der Waals surface area (Å²) in [5.74, 6) is -0.726. The van der Waals surface area contributed by atoms with Crippen molar-refractivity contribution in [2.45, 2.75) is 52.1 Å². The summed E-state index contributed by atoms with van der Waals surface area (Å²) in [6.07, 6.45) is 4.73. The van der Waals surface area contributed by atoms with Crippen molar-refractivity contribution < 1.29 is 9.90 Å². The summed E-state index contributed by atoms with van der Waals surface area (Å²) in [7, 11) is 0. The van der Waals surface area contributed by atoms with E-state index in [9.17, 15) is 4.79 Å². The first-order valence-corrected chi connectivity index (χ1v) is 7.08. The lowest BCUT2D eigenvalue weighted by atomic mass is 10.1. The Morgan fingerprint density at radius 3 is 2.53 bits per heavy atom. The molecule has 0 aromatic heterocycles. The second kappa shape index (κ2) is 6.20. The molecule has 0 atom stereocenters. The van der Waals surface area contributed by atoms with Gasteiger partial charge in [0.15, 0.2) is 0 Å². The summed E-state index contributed by atoms with van der Waals surface area (Å²) in [6.45, 7) is 5.11. The molecule has 3 nitrogen and oxygen atoms in total. The van der Waals surface area contributed by atoms with Crippen LogP contribution in [0.4, 0.5) is 0 Å². The lowest BCUT2D eigenvalue weighted by Crippen LogP contribution is -2.37. The zero-order valence-corrected chi connectivity index (χ0v) is 11.9. The first-order chi connectivity index (χ1) is 9.06. The smallest absolute Gasteiger partial charge is 0.317 e. The van der Waals surface area contributed by atoms with E-state index in [4.69, 9.17) is 5.11 Å². The van der Waals surface area contributed by atoms with Gasteiger partial charge in [0, 0.05) is 12.6 Å². The Labute approximate surface area is 115 Å². The fourth-order valence-electron chi connectivity index (χ4n) is 2.89. The molecular formula is C16H23NO2. The van der Waals surface area contributed by atoms with Gasteiger partial charge in [-0.15, -0.1) is 0 Å². The summed E-state index contributed by atoms with van der Waals surface area (Å²) in [5.41, 5.74) is 3.78. The van der Waals surface area contributed by atoms with Crippen molar-refractivity contribution in [3.05, 3.63) is 34.9 Å². The van der Waals surface area contributed by atoms with Crippen LogP contribution in [0.5, 0.6) is 0 Å². The lowest BCUT2D eigenvalue weighted by Gasteiger charge is -2.27. The Kier molecular flexibility index (Phi) is 4.59. The van der Waals surface area contributed by atoms with Gasteiger partial charge in [-0.25, -0.2) is 0 Å². The third kappa shape index (κ3) is 3.80. The van der Waals surface area contributed by atoms with Gasteiger partial charge in [-0.1, -0.05) is 31.0 Å². The monoisotopic (exact) mass is 261 g/mol. The van der Waals surface area contributed by atoms with Gasteiger partial charge in [-0.05, 0) is 43.4 Å². The van der Waals surface area contributed by atoms with E-state index >= 15 is 0 Å². The highest BCUT2D eigenvalue weighted by Crippen LogP contribution is 2.25. The van der Waals surface area contributed by atoms with Crippen LogP contribution in [0.25, 0.3) is 0 Å².